The summed E-state index contributed by atoms with van der Waals surface area (Å²) in [4.78, 5) is 24.1. The quantitative estimate of drug-likeness (QED) is 0.678. The van der Waals surface area contributed by atoms with Crippen LogP contribution in [-0.4, -0.2) is 24.0 Å². The van der Waals surface area contributed by atoms with E-state index in [4.69, 9.17) is 5.73 Å². The third-order valence-corrected chi connectivity index (χ3v) is 3.70. The number of para-hydroxylation sites is 2. The molecule has 5 N–H and O–H groups in total. The molecule has 2 atom stereocenters. The molecule has 0 aliphatic heterocycles. The summed E-state index contributed by atoms with van der Waals surface area (Å²) >= 11 is 0. The van der Waals surface area contributed by atoms with Crippen LogP contribution in [0.4, 0.5) is 16.2 Å². The van der Waals surface area contributed by atoms with Crippen LogP contribution in [0.5, 0.6) is 0 Å². The maximum absolute atomic E-state index is 12.3. The van der Waals surface area contributed by atoms with E-state index >= 15 is 0 Å². The summed E-state index contributed by atoms with van der Waals surface area (Å²) in [5, 5.41) is 8.41. The third kappa shape index (κ3) is 5.73. The molecule has 23 heavy (non-hydrogen) atoms. The van der Waals surface area contributed by atoms with E-state index in [0.29, 0.717) is 11.4 Å². The molecule has 0 aromatic heterocycles. The van der Waals surface area contributed by atoms with Gasteiger partial charge in [0.25, 0.3) is 0 Å². The van der Waals surface area contributed by atoms with E-state index in [1.165, 1.54) is 0 Å². The molecule has 1 aliphatic carbocycles. The van der Waals surface area contributed by atoms with E-state index in [-0.39, 0.29) is 42.3 Å². The summed E-state index contributed by atoms with van der Waals surface area (Å²) in [6.07, 6.45) is 2.42. The molecule has 1 aromatic carbocycles. The van der Waals surface area contributed by atoms with Crippen molar-refractivity contribution in [1.29, 1.82) is 0 Å². The van der Waals surface area contributed by atoms with Crippen molar-refractivity contribution in [3.63, 3.8) is 0 Å². The zero-order valence-corrected chi connectivity index (χ0v) is 14.3. The fourth-order valence-corrected chi connectivity index (χ4v) is 2.61. The standard InChI is InChI=1S/C16H24N4O2.ClH/c1-10(2)18-16(22)20-14-6-4-3-5-13(14)19-15(21)11-7-8-12(17)9-11;/h3-6,10-12H,7-9,17H2,1-2H3,(H,19,21)(H2,18,20,22);1H. The summed E-state index contributed by atoms with van der Waals surface area (Å²) in [7, 11) is 0. The Morgan fingerprint density at radius 2 is 1.74 bits per heavy atom. The zero-order chi connectivity index (χ0) is 16.1. The van der Waals surface area contributed by atoms with Crippen LogP contribution in [0.3, 0.4) is 0 Å². The molecule has 0 radical (unpaired) electrons. The Kier molecular flexibility index (Phi) is 7.32. The average Bonchev–Trinajstić information content (AvgIpc) is 2.87. The van der Waals surface area contributed by atoms with Gasteiger partial charge in [0.05, 0.1) is 11.4 Å². The van der Waals surface area contributed by atoms with Crippen LogP contribution in [0.2, 0.25) is 0 Å². The molecule has 128 valence electrons. The first kappa shape index (κ1) is 19.3. The highest BCUT2D eigenvalue weighted by atomic mass is 35.5. The molecule has 6 nitrogen and oxygen atoms in total. The molecule has 0 heterocycles. The number of carbonyl (C=O) groups excluding carboxylic acids is 2. The van der Waals surface area contributed by atoms with Gasteiger partial charge >= 0.3 is 6.03 Å². The lowest BCUT2D eigenvalue weighted by atomic mass is 10.1. The lowest BCUT2D eigenvalue weighted by molar-refractivity contribution is -0.119. The zero-order valence-electron chi connectivity index (χ0n) is 13.5. The first-order valence-corrected chi connectivity index (χ1v) is 7.68. The van der Waals surface area contributed by atoms with Gasteiger partial charge in [-0.2, -0.15) is 0 Å². The molecule has 0 saturated heterocycles. The molecular formula is C16H25ClN4O2. The van der Waals surface area contributed by atoms with E-state index in [2.05, 4.69) is 16.0 Å². The summed E-state index contributed by atoms with van der Waals surface area (Å²) in [5.41, 5.74) is 7.04. The van der Waals surface area contributed by atoms with Gasteiger partial charge in [-0.15, -0.1) is 12.4 Å². The van der Waals surface area contributed by atoms with Crippen LogP contribution >= 0.6 is 12.4 Å². The number of hydrogen-bond acceptors (Lipinski definition) is 3. The Labute approximate surface area is 143 Å². The molecule has 7 heteroatoms. The Hall–Kier alpha value is -1.79. The van der Waals surface area contributed by atoms with Gasteiger partial charge in [-0.3, -0.25) is 4.79 Å². The summed E-state index contributed by atoms with van der Waals surface area (Å²) in [6, 6.07) is 7.03. The minimum atomic E-state index is -0.292. The molecule has 0 spiro atoms. The second-order valence-electron chi connectivity index (χ2n) is 6.06. The van der Waals surface area contributed by atoms with Crippen molar-refractivity contribution in [3.8, 4) is 0 Å². The van der Waals surface area contributed by atoms with E-state index in [1.54, 1.807) is 12.1 Å². The highest BCUT2D eigenvalue weighted by molar-refractivity contribution is 5.99. The number of benzene rings is 1. The number of nitrogens with one attached hydrogen (secondary N) is 3. The second kappa shape index (κ2) is 8.74. The van der Waals surface area contributed by atoms with Crippen molar-refractivity contribution in [1.82, 2.24) is 5.32 Å². The maximum atomic E-state index is 12.3. The van der Waals surface area contributed by atoms with Crippen molar-refractivity contribution >= 4 is 35.7 Å². The normalized spacial score (nSPS) is 19.8. The Balaban J connectivity index is 0.00000264. The van der Waals surface area contributed by atoms with Gasteiger partial charge in [-0.25, -0.2) is 4.79 Å². The molecule has 1 aromatic rings. The first-order chi connectivity index (χ1) is 10.5. The predicted octanol–water partition coefficient (Wildman–Crippen LogP) is 2.70. The van der Waals surface area contributed by atoms with Gasteiger partial charge in [0.1, 0.15) is 0 Å². The molecule has 2 unspecified atom stereocenters. The van der Waals surface area contributed by atoms with Gasteiger partial charge in [0.15, 0.2) is 0 Å². The van der Waals surface area contributed by atoms with E-state index in [0.717, 1.165) is 19.3 Å². The number of nitrogens with two attached hydrogens (primary N) is 1. The summed E-state index contributed by atoms with van der Waals surface area (Å²) in [6.45, 7) is 3.77. The van der Waals surface area contributed by atoms with Crippen LogP contribution in [-0.2, 0) is 4.79 Å². The van der Waals surface area contributed by atoms with Crippen molar-refractivity contribution < 1.29 is 9.59 Å². The number of carbonyl (C=O) groups is 2. The molecule has 2 rings (SSSR count). The van der Waals surface area contributed by atoms with Crippen molar-refractivity contribution in [3.05, 3.63) is 24.3 Å². The maximum Gasteiger partial charge on any atom is 0.319 e. The van der Waals surface area contributed by atoms with Crippen molar-refractivity contribution in [2.24, 2.45) is 11.7 Å². The number of amides is 3. The highest BCUT2D eigenvalue weighted by Gasteiger charge is 2.28. The third-order valence-electron chi connectivity index (χ3n) is 3.70. The van der Waals surface area contributed by atoms with Crippen molar-refractivity contribution in [2.75, 3.05) is 10.6 Å². The van der Waals surface area contributed by atoms with Gasteiger partial charge in [0, 0.05) is 18.0 Å². The largest absolute Gasteiger partial charge is 0.336 e. The first-order valence-electron chi connectivity index (χ1n) is 7.68. The molecular weight excluding hydrogens is 316 g/mol. The smallest absolute Gasteiger partial charge is 0.319 e. The molecule has 3 amide bonds. The van der Waals surface area contributed by atoms with Gasteiger partial charge in [0.2, 0.25) is 5.91 Å². The number of hydrogen-bond donors (Lipinski definition) is 4. The molecule has 1 saturated carbocycles. The lowest BCUT2D eigenvalue weighted by Crippen LogP contribution is -2.34. The topological polar surface area (TPSA) is 96.2 Å². The highest BCUT2D eigenvalue weighted by Crippen LogP contribution is 2.27. The minimum absolute atomic E-state index is 0. The number of halogens is 1. The summed E-state index contributed by atoms with van der Waals surface area (Å²) in [5.74, 6) is -0.0842. The van der Waals surface area contributed by atoms with E-state index in [9.17, 15) is 9.59 Å². The monoisotopic (exact) mass is 340 g/mol. The average molecular weight is 341 g/mol. The molecule has 1 fully saturated rings. The van der Waals surface area contributed by atoms with Gasteiger partial charge in [-0.1, -0.05) is 12.1 Å². The van der Waals surface area contributed by atoms with Crippen LogP contribution in [0.1, 0.15) is 33.1 Å². The van der Waals surface area contributed by atoms with E-state index in [1.807, 2.05) is 26.0 Å². The fraction of sp³-hybridized carbons (Fsp3) is 0.500. The van der Waals surface area contributed by atoms with E-state index < -0.39 is 0 Å². The SMILES string of the molecule is CC(C)NC(=O)Nc1ccccc1NC(=O)C1CCC(N)C1.Cl. The van der Waals surface area contributed by atoms with Crippen LogP contribution in [0.25, 0.3) is 0 Å². The second-order valence-corrected chi connectivity index (χ2v) is 6.06. The summed E-state index contributed by atoms with van der Waals surface area (Å²) < 4.78 is 0. The Morgan fingerprint density at radius 3 is 2.26 bits per heavy atom. The van der Waals surface area contributed by atoms with Gasteiger partial charge in [-0.05, 0) is 45.2 Å². The minimum Gasteiger partial charge on any atom is -0.336 e. The Bertz CT molecular complexity index is 551. The molecule has 0 bridgehead atoms. The van der Waals surface area contributed by atoms with Crippen LogP contribution < -0.4 is 21.7 Å². The molecule has 1 aliphatic rings. The fourth-order valence-electron chi connectivity index (χ4n) is 2.61. The number of urea groups is 1. The predicted molar refractivity (Wildman–Crippen MR) is 94.9 cm³/mol. The van der Waals surface area contributed by atoms with Crippen LogP contribution in [0, 0.1) is 5.92 Å². The van der Waals surface area contributed by atoms with Crippen LogP contribution in [0.15, 0.2) is 24.3 Å². The number of anilines is 2. The van der Waals surface area contributed by atoms with Gasteiger partial charge < -0.3 is 21.7 Å². The van der Waals surface area contributed by atoms with Crippen molar-refractivity contribution in [2.45, 2.75) is 45.2 Å². The Morgan fingerprint density at radius 1 is 1.13 bits per heavy atom. The number of rotatable bonds is 4. The lowest BCUT2D eigenvalue weighted by Gasteiger charge is -2.16.